The minimum absolute atomic E-state index is 0.331. The fourth-order valence-electron chi connectivity index (χ4n) is 7.59. The minimum Gasteiger partial charge on any atom is -0.394 e. The van der Waals surface area contributed by atoms with Crippen LogP contribution in [0.5, 0.6) is 0 Å². The maximum atomic E-state index is 11.9. The van der Waals surface area contributed by atoms with Gasteiger partial charge in [-0.05, 0) is 38.5 Å². The van der Waals surface area contributed by atoms with Crippen molar-refractivity contribution in [1.82, 2.24) is 5.32 Å². The maximum absolute atomic E-state index is 11.9. The third-order valence-corrected chi connectivity index (χ3v) is 11.3. The Hall–Kier alpha value is -1.79. The van der Waals surface area contributed by atoms with Gasteiger partial charge in [0.2, 0.25) is 5.91 Å². The van der Waals surface area contributed by atoms with Crippen LogP contribution in [0.4, 0.5) is 0 Å². The van der Waals surface area contributed by atoms with Gasteiger partial charge in [-0.1, -0.05) is 146 Å². The van der Waals surface area contributed by atoms with Gasteiger partial charge >= 0.3 is 0 Å². The molecule has 350 valence electrons. The second kappa shape index (κ2) is 33.7. The van der Waals surface area contributed by atoms with Crippen molar-refractivity contribution in [2.24, 2.45) is 0 Å². The number of unbranched alkanes of at least 4 members (excludes halogenated alkanes) is 19. The first-order valence-electron chi connectivity index (χ1n) is 23.2. The van der Waals surface area contributed by atoms with Crippen LogP contribution in [-0.4, -0.2) is 140 Å². The molecule has 0 aromatic rings. The molecule has 0 aromatic carbocycles. The van der Waals surface area contributed by atoms with E-state index in [1.807, 2.05) is 0 Å². The number of carbonyl (C=O) groups is 1. The molecule has 0 radical (unpaired) electrons. The number of rotatable bonds is 34. The Kier molecular flexibility index (Phi) is 30.5. The van der Waals surface area contributed by atoms with Crippen molar-refractivity contribution in [3.05, 3.63) is 36.5 Å². The molecule has 1 amide bonds. The number of allylic oxidation sites excluding steroid dienone is 5. The number of ether oxygens (including phenoxy) is 4. The molecule has 14 nitrogen and oxygen atoms in total. The van der Waals surface area contributed by atoms with Crippen LogP contribution in [0.25, 0.3) is 0 Å². The number of aliphatic hydroxyl groups is 8. The average molecular weight is 858 g/mol. The van der Waals surface area contributed by atoms with Crippen LogP contribution in [0.2, 0.25) is 0 Å². The van der Waals surface area contributed by atoms with Crippen molar-refractivity contribution in [3.63, 3.8) is 0 Å². The van der Waals surface area contributed by atoms with Gasteiger partial charge in [-0.25, -0.2) is 0 Å². The lowest BCUT2D eigenvalue weighted by molar-refractivity contribution is -0.359. The maximum Gasteiger partial charge on any atom is 0.217 e. The summed E-state index contributed by atoms with van der Waals surface area (Å²) in [6.07, 6.45) is 23.2. The first-order chi connectivity index (χ1) is 29.0. The summed E-state index contributed by atoms with van der Waals surface area (Å²) in [5, 5.41) is 84.9. The van der Waals surface area contributed by atoms with Crippen molar-refractivity contribution >= 4 is 5.91 Å². The molecule has 2 rings (SSSR count). The molecular weight excluding hydrogens is 775 g/mol. The molecule has 2 aliphatic heterocycles. The highest BCUT2D eigenvalue weighted by Gasteiger charge is 2.50. The van der Waals surface area contributed by atoms with E-state index in [1.54, 1.807) is 12.2 Å². The quantitative estimate of drug-likeness (QED) is 0.0315. The summed E-state index contributed by atoms with van der Waals surface area (Å²) in [4.78, 5) is 11.9. The third-order valence-electron chi connectivity index (χ3n) is 11.3. The number of hydrogen-bond acceptors (Lipinski definition) is 13. The van der Waals surface area contributed by atoms with Crippen molar-refractivity contribution in [2.45, 2.75) is 229 Å². The molecule has 0 spiro atoms. The van der Waals surface area contributed by atoms with Gasteiger partial charge in [-0.2, -0.15) is 0 Å². The molecule has 2 aliphatic rings. The average Bonchev–Trinajstić information content (AvgIpc) is 3.23. The topological polar surface area (TPSA) is 228 Å². The first kappa shape index (κ1) is 54.3. The van der Waals surface area contributed by atoms with Crippen molar-refractivity contribution in [3.8, 4) is 0 Å². The fraction of sp³-hybridized carbons (Fsp3) is 0.848. The predicted molar refractivity (Wildman–Crippen MR) is 231 cm³/mol. The molecule has 14 heteroatoms. The standard InChI is InChI=1S/C46H83NO13/c1-3-4-5-6-7-8-9-10-11-12-13-14-15-16-17-18-19-20-21-22-23-24-25-26-27-28-29-30-36(51)35(47-34(2)50)33-57-45-43(56)41(54)44(38(32-49)59-45)60-46-42(55)40(53)39(52)37(31-48)58-46/h21-22,25-26,29-30,35-46,48-49,51-56H,3-20,23-24,27-28,31-33H2,1-2H3,(H,47,50)/b22-21+,26-25+,30-29+. The van der Waals surface area contributed by atoms with Crippen LogP contribution in [0.1, 0.15) is 155 Å². The lowest BCUT2D eigenvalue weighted by atomic mass is 9.97. The normalized spacial score (nSPS) is 28.6. The van der Waals surface area contributed by atoms with E-state index < -0.39 is 92.7 Å². The molecule has 2 fully saturated rings. The Labute approximate surface area is 360 Å². The molecule has 0 bridgehead atoms. The largest absolute Gasteiger partial charge is 0.394 e. The van der Waals surface area contributed by atoms with Gasteiger partial charge in [0.1, 0.15) is 48.8 Å². The van der Waals surface area contributed by atoms with Crippen LogP contribution in [0.15, 0.2) is 36.5 Å². The highest BCUT2D eigenvalue weighted by Crippen LogP contribution is 2.30. The van der Waals surface area contributed by atoms with Crippen molar-refractivity contribution < 1.29 is 64.6 Å². The Morgan fingerprint density at radius 2 is 1.03 bits per heavy atom. The third kappa shape index (κ3) is 22.0. The first-order valence-corrected chi connectivity index (χ1v) is 23.2. The summed E-state index contributed by atoms with van der Waals surface area (Å²) in [6, 6.07) is -0.936. The smallest absolute Gasteiger partial charge is 0.217 e. The van der Waals surface area contributed by atoms with Gasteiger partial charge in [-0.15, -0.1) is 0 Å². The van der Waals surface area contributed by atoms with Gasteiger partial charge in [0.25, 0.3) is 0 Å². The molecule has 2 saturated heterocycles. The highest BCUT2D eigenvalue weighted by molar-refractivity contribution is 5.73. The highest BCUT2D eigenvalue weighted by atomic mass is 16.7. The number of amides is 1. The fourth-order valence-corrected chi connectivity index (χ4v) is 7.59. The summed E-state index contributed by atoms with van der Waals surface area (Å²) in [5.74, 6) is -0.431. The number of aliphatic hydroxyl groups excluding tert-OH is 8. The molecule has 12 atom stereocenters. The monoisotopic (exact) mass is 858 g/mol. The van der Waals surface area contributed by atoms with E-state index >= 15 is 0 Å². The number of hydrogen-bond donors (Lipinski definition) is 9. The van der Waals surface area contributed by atoms with E-state index in [2.05, 4.69) is 36.5 Å². The van der Waals surface area contributed by atoms with Gasteiger partial charge in [-0.3, -0.25) is 4.79 Å². The predicted octanol–water partition coefficient (Wildman–Crippen LogP) is 4.76. The van der Waals surface area contributed by atoms with Gasteiger partial charge in [0, 0.05) is 6.92 Å². The van der Waals surface area contributed by atoms with E-state index in [1.165, 1.54) is 116 Å². The molecule has 0 saturated carbocycles. The molecule has 12 unspecified atom stereocenters. The Morgan fingerprint density at radius 1 is 0.583 bits per heavy atom. The van der Waals surface area contributed by atoms with E-state index in [0.717, 1.165) is 25.7 Å². The van der Waals surface area contributed by atoms with Gasteiger partial charge in [0.05, 0.1) is 32.0 Å². The Morgan fingerprint density at radius 3 is 1.53 bits per heavy atom. The van der Waals surface area contributed by atoms with E-state index in [0.29, 0.717) is 6.42 Å². The van der Waals surface area contributed by atoms with Crippen molar-refractivity contribution in [1.29, 1.82) is 0 Å². The van der Waals surface area contributed by atoms with Gasteiger partial charge in [0.15, 0.2) is 12.6 Å². The Balaban J connectivity index is 1.58. The zero-order valence-electron chi connectivity index (χ0n) is 36.7. The van der Waals surface area contributed by atoms with Crippen LogP contribution in [0.3, 0.4) is 0 Å². The molecule has 0 aromatic heterocycles. The molecule has 9 N–H and O–H groups in total. The lowest BCUT2D eigenvalue weighted by Crippen LogP contribution is -2.65. The van der Waals surface area contributed by atoms with Crippen LogP contribution >= 0.6 is 0 Å². The minimum atomic E-state index is -1.79. The van der Waals surface area contributed by atoms with Crippen LogP contribution < -0.4 is 5.32 Å². The zero-order chi connectivity index (χ0) is 44.0. The van der Waals surface area contributed by atoms with E-state index in [4.69, 9.17) is 18.9 Å². The summed E-state index contributed by atoms with van der Waals surface area (Å²) in [5.41, 5.74) is 0. The Bertz CT molecular complexity index is 1150. The van der Waals surface area contributed by atoms with Gasteiger partial charge < -0.3 is 65.1 Å². The summed E-state index contributed by atoms with van der Waals surface area (Å²) < 4.78 is 22.2. The molecule has 0 aliphatic carbocycles. The van der Waals surface area contributed by atoms with Crippen molar-refractivity contribution in [2.75, 3.05) is 19.8 Å². The summed E-state index contributed by atoms with van der Waals surface area (Å²) in [7, 11) is 0. The van der Waals surface area contributed by atoms with E-state index in [9.17, 15) is 45.6 Å². The van der Waals surface area contributed by atoms with Crippen LogP contribution in [0, 0.1) is 0 Å². The van der Waals surface area contributed by atoms with E-state index in [-0.39, 0.29) is 6.61 Å². The lowest BCUT2D eigenvalue weighted by Gasteiger charge is -2.46. The SMILES string of the molecule is CCCCCCCCCCCCCCCCCCC/C=C/CC/C=C/CC/C=C/C(O)C(COC1OC(CO)C(OC2OC(CO)C(O)C(O)C2O)C(O)C1O)NC(C)=O. The van der Waals surface area contributed by atoms with Crippen LogP contribution in [-0.2, 0) is 23.7 Å². The second-order valence-electron chi connectivity index (χ2n) is 16.6. The molecular formula is C46H83NO13. The number of nitrogens with one attached hydrogen (secondary N) is 1. The second-order valence-corrected chi connectivity index (χ2v) is 16.6. The molecule has 2 heterocycles. The summed E-state index contributed by atoms with van der Waals surface area (Å²) >= 11 is 0. The zero-order valence-corrected chi connectivity index (χ0v) is 36.7. The molecule has 60 heavy (non-hydrogen) atoms. The number of carbonyl (C=O) groups excluding carboxylic acids is 1. The summed E-state index contributed by atoms with van der Waals surface area (Å²) in [6.45, 7) is 1.80.